The Kier molecular flexibility index (Phi) is 6.44. The zero-order chi connectivity index (χ0) is 37.9. The van der Waals surface area contributed by atoms with Crippen LogP contribution in [0.4, 0.5) is 0 Å². The molecule has 0 fully saturated rings. The molecule has 3 aromatic heterocycles. The highest BCUT2D eigenvalue weighted by Gasteiger charge is 2.24. The minimum atomic E-state index is 0.985. The summed E-state index contributed by atoms with van der Waals surface area (Å²) in [5.41, 5.74) is 16.4. The molecule has 12 aromatic rings. The van der Waals surface area contributed by atoms with Crippen LogP contribution in [-0.2, 0) is 0 Å². The Morgan fingerprint density at radius 2 is 0.966 bits per heavy atom. The van der Waals surface area contributed by atoms with E-state index in [0.29, 0.717) is 0 Å². The van der Waals surface area contributed by atoms with Crippen LogP contribution >= 0.6 is 0 Å². The maximum atomic E-state index is 5.34. The van der Waals surface area contributed by atoms with E-state index in [0.717, 1.165) is 22.6 Å². The molecule has 58 heavy (non-hydrogen) atoms. The van der Waals surface area contributed by atoms with Crippen molar-refractivity contribution in [3.8, 4) is 56.1 Å². The van der Waals surface area contributed by atoms with Gasteiger partial charge in [0.1, 0.15) is 0 Å². The molecule has 0 aliphatic heterocycles. The normalized spacial score (nSPS) is 12.1. The van der Waals surface area contributed by atoms with Gasteiger partial charge in [0.15, 0.2) is 0 Å². The topological polar surface area (TPSA) is 22.8 Å². The van der Waals surface area contributed by atoms with Crippen LogP contribution < -0.4 is 0 Å². The number of fused-ring (bicyclic) bond motifs is 11. The van der Waals surface area contributed by atoms with E-state index in [4.69, 9.17) is 4.98 Å². The maximum Gasteiger partial charge on any atom is 0.0800 e. The van der Waals surface area contributed by atoms with Gasteiger partial charge in [0.05, 0.1) is 33.5 Å². The molecule has 0 atom stereocenters. The fraction of sp³-hybridized carbons (Fsp3) is 0. The van der Waals surface area contributed by atoms with E-state index in [2.05, 4.69) is 209 Å². The van der Waals surface area contributed by atoms with E-state index in [1.54, 1.807) is 0 Å². The Morgan fingerprint density at radius 1 is 0.328 bits per heavy atom. The van der Waals surface area contributed by atoms with Crippen molar-refractivity contribution < 1.29 is 0 Å². The van der Waals surface area contributed by atoms with Crippen molar-refractivity contribution in [1.29, 1.82) is 0 Å². The van der Waals surface area contributed by atoms with Crippen molar-refractivity contribution in [2.75, 3.05) is 0 Å². The molecule has 0 unspecified atom stereocenters. The minimum Gasteiger partial charge on any atom is -0.309 e. The van der Waals surface area contributed by atoms with Gasteiger partial charge >= 0.3 is 0 Å². The number of rotatable bonds is 4. The highest BCUT2D eigenvalue weighted by atomic mass is 15.0. The van der Waals surface area contributed by atoms with Gasteiger partial charge in [0.2, 0.25) is 0 Å². The molecule has 3 heterocycles. The Morgan fingerprint density at radius 3 is 1.83 bits per heavy atom. The number of hydrogen-bond donors (Lipinski definition) is 0. The lowest BCUT2D eigenvalue weighted by molar-refractivity contribution is 1.18. The number of para-hydroxylation sites is 2. The van der Waals surface area contributed by atoms with Gasteiger partial charge in [0, 0.05) is 54.8 Å². The largest absolute Gasteiger partial charge is 0.309 e. The molecule has 268 valence electrons. The standard InChI is InChI=1S/C55H33N3/c1-2-15-39(16-3-1)58-52-29-26-36(32-48(52)46-27-24-34-12-4-5-18-41(34)55(46)58)35-25-28-51-47(31-35)43-20-8-9-23-50(43)57(51)40-17-10-13-37(30-40)49-33-38-14-11-22-44-42-19-6-7-21-45(42)54(56-49)53(38)44/h1-33H. The van der Waals surface area contributed by atoms with Crippen LogP contribution in [0, 0.1) is 0 Å². The Labute approximate surface area is 334 Å². The summed E-state index contributed by atoms with van der Waals surface area (Å²) in [6.07, 6.45) is 0. The molecule has 13 rings (SSSR count). The lowest BCUT2D eigenvalue weighted by atomic mass is 10.00. The van der Waals surface area contributed by atoms with Crippen molar-refractivity contribution in [1.82, 2.24) is 14.1 Å². The maximum absolute atomic E-state index is 5.34. The van der Waals surface area contributed by atoms with Gasteiger partial charge in [-0.1, -0.05) is 140 Å². The van der Waals surface area contributed by atoms with Gasteiger partial charge in [-0.25, -0.2) is 4.98 Å². The van der Waals surface area contributed by atoms with Crippen LogP contribution in [-0.4, -0.2) is 14.1 Å². The number of benzene rings is 9. The number of aromatic nitrogens is 3. The van der Waals surface area contributed by atoms with Gasteiger partial charge in [-0.15, -0.1) is 0 Å². The van der Waals surface area contributed by atoms with Crippen LogP contribution in [0.15, 0.2) is 200 Å². The quantitative estimate of drug-likeness (QED) is 0.176. The van der Waals surface area contributed by atoms with E-state index in [1.165, 1.54) is 98.7 Å². The van der Waals surface area contributed by atoms with Crippen molar-refractivity contribution in [2.45, 2.75) is 0 Å². The third kappa shape index (κ3) is 4.41. The average molecular weight is 736 g/mol. The molecule has 0 radical (unpaired) electrons. The van der Waals surface area contributed by atoms with Gasteiger partial charge in [-0.05, 0) is 93.7 Å². The monoisotopic (exact) mass is 735 g/mol. The fourth-order valence-corrected chi connectivity index (χ4v) is 9.84. The van der Waals surface area contributed by atoms with E-state index >= 15 is 0 Å². The fourth-order valence-electron chi connectivity index (χ4n) is 9.84. The summed E-state index contributed by atoms with van der Waals surface area (Å²) in [5.74, 6) is 0. The molecule has 0 saturated carbocycles. The van der Waals surface area contributed by atoms with E-state index in [9.17, 15) is 0 Å². The first kappa shape index (κ1) is 31.5. The molecule has 3 heteroatoms. The van der Waals surface area contributed by atoms with Crippen LogP contribution in [0.1, 0.15) is 0 Å². The van der Waals surface area contributed by atoms with Crippen molar-refractivity contribution in [3.63, 3.8) is 0 Å². The molecule has 3 nitrogen and oxygen atoms in total. The molecule has 1 aliphatic carbocycles. The second kappa shape index (κ2) is 11.9. The SMILES string of the molecule is c1ccc(-n2c3ccc(-c4ccc5c(c4)c4ccccc4n5-c4cccc(-c5cc6cccc7c6c(n5)-c5ccccc5-7)c4)cc3c3ccc4ccccc4c32)cc1. The molecule has 0 bridgehead atoms. The number of pyridine rings is 1. The molecular weight excluding hydrogens is 703 g/mol. The van der Waals surface area contributed by atoms with Crippen molar-refractivity contribution in [2.24, 2.45) is 0 Å². The number of nitrogens with zero attached hydrogens (tertiary/aromatic N) is 3. The molecule has 1 aliphatic rings. The lowest BCUT2D eigenvalue weighted by Gasteiger charge is -2.12. The van der Waals surface area contributed by atoms with Crippen LogP contribution in [0.25, 0.3) is 121 Å². The Hall–Kier alpha value is -7.75. The summed E-state index contributed by atoms with van der Waals surface area (Å²) in [6, 6.07) is 73.1. The molecular formula is C55H33N3. The molecule has 9 aromatic carbocycles. The van der Waals surface area contributed by atoms with Gasteiger partial charge in [-0.2, -0.15) is 0 Å². The van der Waals surface area contributed by atoms with Gasteiger partial charge < -0.3 is 9.13 Å². The second-order valence-electron chi connectivity index (χ2n) is 15.5. The Balaban J connectivity index is 0.968. The van der Waals surface area contributed by atoms with E-state index in [-0.39, 0.29) is 0 Å². The smallest absolute Gasteiger partial charge is 0.0800 e. The van der Waals surface area contributed by atoms with Crippen LogP contribution in [0.3, 0.4) is 0 Å². The van der Waals surface area contributed by atoms with Gasteiger partial charge in [-0.3, -0.25) is 0 Å². The summed E-state index contributed by atoms with van der Waals surface area (Å²) < 4.78 is 4.84. The van der Waals surface area contributed by atoms with Crippen LogP contribution in [0.2, 0.25) is 0 Å². The average Bonchev–Trinajstić information content (AvgIpc) is 3.93. The highest BCUT2D eigenvalue weighted by molar-refractivity contribution is 6.20. The van der Waals surface area contributed by atoms with Crippen molar-refractivity contribution in [3.05, 3.63) is 200 Å². The van der Waals surface area contributed by atoms with E-state index < -0.39 is 0 Å². The molecule has 0 spiro atoms. The zero-order valence-electron chi connectivity index (χ0n) is 31.4. The predicted octanol–water partition coefficient (Wildman–Crippen LogP) is 14.6. The first-order valence-electron chi connectivity index (χ1n) is 20.0. The third-order valence-electron chi connectivity index (χ3n) is 12.4. The first-order valence-corrected chi connectivity index (χ1v) is 20.0. The first-order chi connectivity index (χ1) is 28.8. The van der Waals surface area contributed by atoms with Crippen LogP contribution in [0.5, 0.6) is 0 Å². The van der Waals surface area contributed by atoms with E-state index in [1.807, 2.05) is 0 Å². The van der Waals surface area contributed by atoms with Crippen molar-refractivity contribution >= 4 is 65.2 Å². The zero-order valence-corrected chi connectivity index (χ0v) is 31.4. The molecule has 0 amide bonds. The Bertz CT molecular complexity index is 3680. The third-order valence-corrected chi connectivity index (χ3v) is 12.4. The number of hydrogen-bond acceptors (Lipinski definition) is 1. The molecule has 0 N–H and O–H groups in total. The highest BCUT2D eigenvalue weighted by Crippen LogP contribution is 2.47. The minimum absolute atomic E-state index is 0.985. The second-order valence-corrected chi connectivity index (χ2v) is 15.5. The summed E-state index contributed by atoms with van der Waals surface area (Å²) in [6.45, 7) is 0. The summed E-state index contributed by atoms with van der Waals surface area (Å²) in [4.78, 5) is 5.34. The summed E-state index contributed by atoms with van der Waals surface area (Å²) in [5, 5.41) is 9.95. The summed E-state index contributed by atoms with van der Waals surface area (Å²) in [7, 11) is 0. The van der Waals surface area contributed by atoms with Gasteiger partial charge in [0.25, 0.3) is 0 Å². The lowest BCUT2D eigenvalue weighted by Crippen LogP contribution is -1.95. The summed E-state index contributed by atoms with van der Waals surface area (Å²) >= 11 is 0. The molecule has 0 saturated heterocycles. The predicted molar refractivity (Wildman–Crippen MR) is 243 cm³/mol.